The number of fused-ring (bicyclic) bond motifs is 3. The van der Waals surface area contributed by atoms with Crippen molar-refractivity contribution in [3.05, 3.63) is 0 Å². The molecule has 4 fully saturated rings. The Morgan fingerprint density at radius 3 is 2.43 bits per heavy atom. The van der Waals surface area contributed by atoms with Gasteiger partial charge < -0.3 is 10.2 Å². The van der Waals surface area contributed by atoms with Crippen LogP contribution in [0.15, 0.2) is 0 Å². The molecule has 4 rings (SSSR count). The minimum absolute atomic E-state index is 0.190. The number of aliphatic hydroxyl groups excluding tert-OH is 1. The molecule has 4 aliphatic rings. The van der Waals surface area contributed by atoms with Crippen LogP contribution in [0.25, 0.3) is 0 Å². The lowest BCUT2D eigenvalue weighted by Crippen LogP contribution is -2.58. The maximum absolute atomic E-state index is 12.1. The fourth-order valence-corrected chi connectivity index (χ4v) is 8.00. The lowest BCUT2D eigenvalue weighted by atomic mass is 9.40. The van der Waals surface area contributed by atoms with Crippen LogP contribution in [-0.2, 0) is 4.79 Å². The second kappa shape index (κ2) is 4.74. The molecule has 3 nitrogen and oxygen atoms in total. The Morgan fingerprint density at radius 1 is 1.00 bits per heavy atom. The van der Waals surface area contributed by atoms with Crippen molar-refractivity contribution in [3.63, 3.8) is 0 Å². The summed E-state index contributed by atoms with van der Waals surface area (Å²) < 4.78 is 0. The molecule has 0 saturated heterocycles. The average molecular weight is 320 g/mol. The minimum Gasteiger partial charge on any atom is -0.481 e. The highest BCUT2D eigenvalue weighted by molar-refractivity contribution is 5.75. The molecule has 2 N–H and O–H groups in total. The number of hydrogen-bond acceptors (Lipinski definition) is 2. The van der Waals surface area contributed by atoms with Crippen LogP contribution < -0.4 is 0 Å². The van der Waals surface area contributed by atoms with Crippen molar-refractivity contribution in [2.24, 2.45) is 33.5 Å². The van der Waals surface area contributed by atoms with Gasteiger partial charge in [-0.25, -0.2) is 0 Å². The highest BCUT2D eigenvalue weighted by Gasteiger charge is 2.66. The lowest BCUT2D eigenvalue weighted by molar-refractivity contribution is -0.184. The molecule has 0 radical (unpaired) electrons. The maximum atomic E-state index is 12.1. The lowest BCUT2D eigenvalue weighted by Gasteiger charge is -2.64. The number of carboxylic acids is 1. The van der Waals surface area contributed by atoms with E-state index in [1.54, 1.807) is 0 Å². The summed E-state index contributed by atoms with van der Waals surface area (Å²) in [6, 6.07) is 0. The van der Waals surface area contributed by atoms with E-state index in [9.17, 15) is 15.0 Å². The van der Waals surface area contributed by atoms with Crippen molar-refractivity contribution in [1.82, 2.24) is 0 Å². The Morgan fingerprint density at radius 2 is 1.74 bits per heavy atom. The van der Waals surface area contributed by atoms with Crippen LogP contribution in [0.4, 0.5) is 0 Å². The van der Waals surface area contributed by atoms with E-state index >= 15 is 0 Å². The zero-order chi connectivity index (χ0) is 16.5. The maximum Gasteiger partial charge on any atom is 0.309 e. The predicted molar refractivity (Wildman–Crippen MR) is 89.0 cm³/mol. The van der Waals surface area contributed by atoms with Crippen molar-refractivity contribution in [3.8, 4) is 0 Å². The Balaban J connectivity index is 1.71. The first-order valence-corrected chi connectivity index (χ1v) is 9.65. The summed E-state index contributed by atoms with van der Waals surface area (Å²) in [6.07, 6.45) is 11.4. The van der Waals surface area contributed by atoms with Gasteiger partial charge in [-0.2, -0.15) is 0 Å². The van der Waals surface area contributed by atoms with Gasteiger partial charge in [-0.1, -0.05) is 13.3 Å². The van der Waals surface area contributed by atoms with E-state index in [1.165, 1.54) is 38.5 Å². The molecule has 4 aliphatic carbocycles. The van der Waals surface area contributed by atoms with Crippen LogP contribution in [0.3, 0.4) is 0 Å². The highest BCUT2D eigenvalue weighted by atomic mass is 16.4. The average Bonchev–Trinajstić information content (AvgIpc) is 2.79. The van der Waals surface area contributed by atoms with Crippen LogP contribution in [0.2, 0.25) is 0 Å². The van der Waals surface area contributed by atoms with E-state index in [4.69, 9.17) is 0 Å². The highest BCUT2D eigenvalue weighted by Crippen LogP contribution is 2.73. The van der Waals surface area contributed by atoms with Crippen molar-refractivity contribution in [2.45, 2.75) is 78.1 Å². The van der Waals surface area contributed by atoms with E-state index < -0.39 is 11.4 Å². The molecule has 2 bridgehead atoms. The van der Waals surface area contributed by atoms with Gasteiger partial charge in [0.2, 0.25) is 0 Å². The number of hydrogen-bond donors (Lipinski definition) is 2. The SMILES string of the molecule is C[C@@]1(C(=O)O)CCC[C@@]2(C)C3CC[C@]4(CO)CC[C@@]3(CC[C@H]12)C4. The first-order chi connectivity index (χ1) is 10.8. The first kappa shape index (κ1) is 15.9. The van der Waals surface area contributed by atoms with Gasteiger partial charge in [0.1, 0.15) is 0 Å². The van der Waals surface area contributed by atoms with Gasteiger partial charge in [0.05, 0.1) is 5.41 Å². The van der Waals surface area contributed by atoms with Crippen LogP contribution in [-0.4, -0.2) is 22.8 Å². The first-order valence-electron chi connectivity index (χ1n) is 9.65. The summed E-state index contributed by atoms with van der Waals surface area (Å²) in [7, 11) is 0. The number of aliphatic hydroxyl groups is 1. The van der Waals surface area contributed by atoms with Crippen LogP contribution in [0, 0.1) is 33.5 Å². The van der Waals surface area contributed by atoms with Gasteiger partial charge in [-0.3, -0.25) is 4.79 Å². The number of rotatable bonds is 2. The van der Waals surface area contributed by atoms with Gasteiger partial charge in [0.15, 0.2) is 0 Å². The van der Waals surface area contributed by atoms with E-state index in [-0.39, 0.29) is 10.8 Å². The summed E-state index contributed by atoms with van der Waals surface area (Å²) in [5, 5.41) is 19.9. The molecule has 130 valence electrons. The van der Waals surface area contributed by atoms with Crippen molar-refractivity contribution in [2.75, 3.05) is 6.61 Å². The molecule has 0 aromatic rings. The van der Waals surface area contributed by atoms with Crippen LogP contribution in [0.1, 0.15) is 78.1 Å². The van der Waals surface area contributed by atoms with Gasteiger partial charge in [-0.15, -0.1) is 0 Å². The monoisotopic (exact) mass is 320 g/mol. The van der Waals surface area contributed by atoms with Crippen molar-refractivity contribution in [1.29, 1.82) is 0 Å². The number of carbonyl (C=O) groups is 1. The molecule has 0 aromatic heterocycles. The summed E-state index contributed by atoms with van der Waals surface area (Å²) in [6.45, 7) is 4.80. The van der Waals surface area contributed by atoms with Gasteiger partial charge >= 0.3 is 5.97 Å². The molecule has 3 heteroatoms. The summed E-state index contributed by atoms with van der Waals surface area (Å²) in [5.41, 5.74) is 0.266. The van der Waals surface area contributed by atoms with E-state index in [1.807, 2.05) is 6.92 Å². The zero-order valence-corrected chi connectivity index (χ0v) is 14.7. The fraction of sp³-hybridized carbons (Fsp3) is 0.950. The second-order valence-corrected chi connectivity index (χ2v) is 9.96. The van der Waals surface area contributed by atoms with Crippen molar-refractivity contribution >= 4 is 5.97 Å². The van der Waals surface area contributed by atoms with Crippen molar-refractivity contribution < 1.29 is 15.0 Å². The molecule has 6 atom stereocenters. The molecule has 1 unspecified atom stereocenters. The molecule has 0 heterocycles. The topological polar surface area (TPSA) is 57.5 Å². The van der Waals surface area contributed by atoms with Gasteiger partial charge in [0.25, 0.3) is 0 Å². The molecule has 0 aliphatic heterocycles. The smallest absolute Gasteiger partial charge is 0.309 e. The minimum atomic E-state index is -0.573. The third-order valence-corrected chi connectivity index (χ3v) is 9.11. The third-order valence-electron chi connectivity index (χ3n) is 9.11. The Kier molecular flexibility index (Phi) is 3.28. The summed E-state index contributed by atoms with van der Waals surface area (Å²) in [4.78, 5) is 12.1. The van der Waals surface area contributed by atoms with E-state index in [2.05, 4.69) is 6.92 Å². The zero-order valence-electron chi connectivity index (χ0n) is 14.7. The van der Waals surface area contributed by atoms with Crippen LogP contribution >= 0.6 is 0 Å². The summed E-state index contributed by atoms with van der Waals surface area (Å²) >= 11 is 0. The Labute approximate surface area is 139 Å². The number of carboxylic acid groups (broad SMARTS) is 1. The normalized spacial score (nSPS) is 55.1. The largest absolute Gasteiger partial charge is 0.481 e. The van der Waals surface area contributed by atoms with E-state index in [0.29, 0.717) is 23.9 Å². The number of aliphatic carboxylic acids is 1. The summed E-state index contributed by atoms with van der Waals surface area (Å²) in [5.74, 6) is 0.435. The van der Waals surface area contributed by atoms with Gasteiger partial charge in [0, 0.05) is 6.61 Å². The molecule has 0 amide bonds. The standard InChI is InChI=1S/C20H32O3/c1-17-6-3-7-18(2,16(22)23)14(17)5-9-20-11-10-19(12-20,13-21)8-4-15(17)20/h14-15,21H,3-13H2,1-2H3,(H,22,23)/t14-,15?,17+,18+,19-,20-/m0/s1. The van der Waals surface area contributed by atoms with Gasteiger partial charge in [-0.05, 0) is 92.8 Å². The third kappa shape index (κ3) is 1.89. The Bertz CT molecular complexity index is 531. The molecule has 4 saturated carbocycles. The molecule has 1 spiro atoms. The molecular formula is C20H32O3. The molecule has 0 aromatic carbocycles. The fourth-order valence-electron chi connectivity index (χ4n) is 8.00. The molecule has 23 heavy (non-hydrogen) atoms. The van der Waals surface area contributed by atoms with Crippen LogP contribution in [0.5, 0.6) is 0 Å². The molecular weight excluding hydrogens is 288 g/mol. The second-order valence-electron chi connectivity index (χ2n) is 9.96. The predicted octanol–water partition coefficient (Wildman–Crippen LogP) is 4.24. The van der Waals surface area contributed by atoms with E-state index in [0.717, 1.165) is 25.7 Å². The quantitative estimate of drug-likeness (QED) is 0.800. The Hall–Kier alpha value is -0.570.